The largest absolute Gasteiger partial charge is 0.399 e. The Labute approximate surface area is 155 Å². The quantitative estimate of drug-likeness (QED) is 0.761. The summed E-state index contributed by atoms with van der Waals surface area (Å²) in [5.41, 5.74) is 10.5. The predicted octanol–water partition coefficient (Wildman–Crippen LogP) is 3.44. The Kier molecular flexibility index (Phi) is 6.97. The van der Waals surface area contributed by atoms with Gasteiger partial charge in [-0.15, -0.1) is 0 Å². The molecule has 0 atom stereocenters. The molecule has 0 aliphatic carbocycles. The van der Waals surface area contributed by atoms with E-state index in [1.165, 1.54) is 6.92 Å². The molecule has 0 aromatic heterocycles. The van der Waals surface area contributed by atoms with Crippen LogP contribution in [0.5, 0.6) is 0 Å². The lowest BCUT2D eigenvalue weighted by Crippen LogP contribution is -2.20. The fourth-order valence-electron chi connectivity index (χ4n) is 2.50. The highest BCUT2D eigenvalue weighted by molar-refractivity contribution is 6.03. The van der Waals surface area contributed by atoms with Crippen LogP contribution in [0.25, 0.3) is 0 Å². The summed E-state index contributed by atoms with van der Waals surface area (Å²) in [6.07, 6.45) is 9.23. The van der Waals surface area contributed by atoms with Gasteiger partial charge in [0, 0.05) is 30.4 Å². The Hall–Kier alpha value is -3.08. The van der Waals surface area contributed by atoms with Crippen LogP contribution >= 0.6 is 0 Å². The van der Waals surface area contributed by atoms with Gasteiger partial charge in [0.15, 0.2) is 0 Å². The second kappa shape index (κ2) is 9.42. The lowest BCUT2D eigenvalue weighted by Gasteiger charge is -2.11. The zero-order chi connectivity index (χ0) is 18.9. The number of hydrogen-bond donors (Lipinski definition) is 3. The van der Waals surface area contributed by atoms with Crippen molar-refractivity contribution >= 4 is 17.4 Å². The molecule has 5 heteroatoms. The molecule has 1 aliphatic heterocycles. The lowest BCUT2D eigenvalue weighted by molar-refractivity contribution is -0.114. The van der Waals surface area contributed by atoms with Crippen LogP contribution in [0.4, 0.5) is 5.69 Å². The summed E-state index contributed by atoms with van der Waals surface area (Å²) in [5.74, 6) is 0.708. The van der Waals surface area contributed by atoms with Gasteiger partial charge in [-0.3, -0.25) is 9.79 Å². The number of allylic oxidation sites excluding steroid dienone is 3. The Morgan fingerprint density at radius 3 is 2.77 bits per heavy atom. The second-order valence-electron chi connectivity index (χ2n) is 6.06. The molecule has 26 heavy (non-hydrogen) atoms. The van der Waals surface area contributed by atoms with Crippen molar-refractivity contribution in [2.24, 2.45) is 10.7 Å². The molecular formula is C21H26N4O. The molecule has 1 aliphatic rings. The maximum Gasteiger partial charge on any atom is 0.221 e. The van der Waals surface area contributed by atoms with E-state index in [0.29, 0.717) is 12.2 Å². The summed E-state index contributed by atoms with van der Waals surface area (Å²) in [4.78, 5) is 15.8. The van der Waals surface area contributed by atoms with Crippen molar-refractivity contribution in [1.82, 2.24) is 5.32 Å². The van der Waals surface area contributed by atoms with E-state index in [0.717, 1.165) is 41.1 Å². The highest BCUT2D eigenvalue weighted by atomic mass is 16.1. The maximum absolute atomic E-state index is 11.1. The normalized spacial score (nSPS) is 17.9. The molecule has 1 aromatic rings. The summed E-state index contributed by atoms with van der Waals surface area (Å²) >= 11 is 0. The minimum absolute atomic E-state index is 0.0726. The summed E-state index contributed by atoms with van der Waals surface area (Å²) in [6.45, 7) is 8.17. The molecule has 2 rings (SSSR count). The van der Waals surface area contributed by atoms with E-state index in [9.17, 15) is 4.79 Å². The van der Waals surface area contributed by atoms with Crippen LogP contribution < -0.4 is 16.4 Å². The van der Waals surface area contributed by atoms with E-state index < -0.39 is 0 Å². The minimum atomic E-state index is -0.0726. The summed E-state index contributed by atoms with van der Waals surface area (Å²) in [6, 6.07) is 7.80. The van der Waals surface area contributed by atoms with Crippen LogP contribution in [0, 0.1) is 0 Å². The first kappa shape index (κ1) is 19.2. The SMILES string of the molecule is C=C1CC=CNC(=NCCc2ccc(NC(C)=O)cc2)/C1=C/C(N)=C\C. The standard InChI is InChI=1S/C21H26N4O/c1-4-18(22)14-20-15(2)6-5-12-23-21(20)24-13-11-17-7-9-19(10-8-17)25-16(3)26/h4-5,7-10,12,14H,2,6,11,13,22H2,1,3H3,(H,23,24)(H,25,26)/b18-4+,20-14+. The molecule has 1 heterocycles. The van der Waals surface area contributed by atoms with Crippen molar-refractivity contribution in [3.05, 3.63) is 77.7 Å². The third-order valence-corrected chi connectivity index (χ3v) is 3.93. The van der Waals surface area contributed by atoms with Crippen LogP contribution in [0.15, 0.2) is 77.1 Å². The highest BCUT2D eigenvalue weighted by Crippen LogP contribution is 2.18. The van der Waals surface area contributed by atoms with Crippen LogP contribution in [0.3, 0.4) is 0 Å². The van der Waals surface area contributed by atoms with Gasteiger partial charge < -0.3 is 16.4 Å². The molecular weight excluding hydrogens is 324 g/mol. The van der Waals surface area contributed by atoms with Crippen molar-refractivity contribution in [2.75, 3.05) is 11.9 Å². The van der Waals surface area contributed by atoms with Gasteiger partial charge in [0.1, 0.15) is 5.84 Å². The highest BCUT2D eigenvalue weighted by Gasteiger charge is 2.12. The Bertz CT molecular complexity index is 783. The molecule has 0 saturated carbocycles. The smallest absolute Gasteiger partial charge is 0.221 e. The first-order valence-electron chi connectivity index (χ1n) is 8.64. The number of benzene rings is 1. The number of amides is 1. The monoisotopic (exact) mass is 350 g/mol. The van der Waals surface area contributed by atoms with Gasteiger partial charge in [0.2, 0.25) is 5.91 Å². The zero-order valence-electron chi connectivity index (χ0n) is 15.4. The van der Waals surface area contributed by atoms with Gasteiger partial charge in [-0.1, -0.05) is 30.9 Å². The van der Waals surface area contributed by atoms with Crippen LogP contribution in [0.2, 0.25) is 0 Å². The third kappa shape index (κ3) is 5.77. The van der Waals surface area contributed by atoms with E-state index in [4.69, 9.17) is 10.7 Å². The van der Waals surface area contributed by atoms with Crippen molar-refractivity contribution < 1.29 is 4.79 Å². The number of nitrogens with zero attached hydrogens (tertiary/aromatic N) is 1. The minimum Gasteiger partial charge on any atom is -0.399 e. The lowest BCUT2D eigenvalue weighted by atomic mass is 10.0. The fourth-order valence-corrected chi connectivity index (χ4v) is 2.50. The predicted molar refractivity (Wildman–Crippen MR) is 109 cm³/mol. The van der Waals surface area contributed by atoms with Crippen molar-refractivity contribution in [3.63, 3.8) is 0 Å². The van der Waals surface area contributed by atoms with E-state index in [1.807, 2.05) is 55.6 Å². The molecule has 1 amide bonds. The molecule has 0 fully saturated rings. The van der Waals surface area contributed by atoms with Crippen molar-refractivity contribution in [3.8, 4) is 0 Å². The number of nitrogens with one attached hydrogen (secondary N) is 2. The molecule has 0 spiro atoms. The Morgan fingerprint density at radius 1 is 1.38 bits per heavy atom. The average molecular weight is 350 g/mol. The summed E-state index contributed by atoms with van der Waals surface area (Å²) in [7, 11) is 0. The van der Waals surface area contributed by atoms with Gasteiger partial charge in [-0.25, -0.2) is 0 Å². The molecule has 5 nitrogen and oxygen atoms in total. The number of rotatable bonds is 5. The maximum atomic E-state index is 11.1. The van der Waals surface area contributed by atoms with E-state index in [1.54, 1.807) is 0 Å². The average Bonchev–Trinajstić information content (AvgIpc) is 2.78. The van der Waals surface area contributed by atoms with Gasteiger partial charge >= 0.3 is 0 Å². The molecule has 1 aromatic carbocycles. The van der Waals surface area contributed by atoms with Gasteiger partial charge in [-0.2, -0.15) is 0 Å². The first-order chi connectivity index (χ1) is 12.5. The Morgan fingerprint density at radius 2 is 2.12 bits per heavy atom. The molecule has 0 radical (unpaired) electrons. The molecule has 0 bridgehead atoms. The second-order valence-corrected chi connectivity index (χ2v) is 6.06. The summed E-state index contributed by atoms with van der Waals surface area (Å²) < 4.78 is 0. The first-order valence-corrected chi connectivity index (χ1v) is 8.64. The topological polar surface area (TPSA) is 79.5 Å². The van der Waals surface area contributed by atoms with Crippen LogP contribution in [0.1, 0.15) is 25.8 Å². The Balaban J connectivity index is 2.08. The molecule has 0 unspecified atom stereocenters. The summed E-state index contributed by atoms with van der Waals surface area (Å²) in [5, 5.41) is 5.98. The molecule has 0 saturated heterocycles. The molecule has 4 N–H and O–H groups in total. The van der Waals surface area contributed by atoms with Crippen LogP contribution in [-0.4, -0.2) is 18.3 Å². The van der Waals surface area contributed by atoms with E-state index >= 15 is 0 Å². The van der Waals surface area contributed by atoms with Gasteiger partial charge in [0.25, 0.3) is 0 Å². The van der Waals surface area contributed by atoms with Crippen LogP contribution in [-0.2, 0) is 11.2 Å². The number of anilines is 1. The number of hydrogen-bond acceptors (Lipinski definition) is 3. The van der Waals surface area contributed by atoms with Crippen molar-refractivity contribution in [1.29, 1.82) is 0 Å². The number of aliphatic imine (C=N–C) groups is 1. The third-order valence-electron chi connectivity index (χ3n) is 3.93. The molecule has 136 valence electrons. The number of nitrogens with two attached hydrogens (primary N) is 1. The van der Waals surface area contributed by atoms with E-state index in [2.05, 4.69) is 17.2 Å². The number of carbonyl (C=O) groups is 1. The fraction of sp³-hybridized carbons (Fsp3) is 0.238. The van der Waals surface area contributed by atoms with E-state index in [-0.39, 0.29) is 5.91 Å². The number of carbonyl (C=O) groups excluding carboxylic acids is 1. The van der Waals surface area contributed by atoms with Crippen molar-refractivity contribution in [2.45, 2.75) is 26.7 Å². The number of amidine groups is 1. The zero-order valence-corrected chi connectivity index (χ0v) is 15.4. The van der Waals surface area contributed by atoms with Gasteiger partial charge in [0.05, 0.1) is 0 Å². The van der Waals surface area contributed by atoms with Gasteiger partial charge in [-0.05, 0) is 55.3 Å².